The first-order valence-corrected chi connectivity index (χ1v) is 6.14. The molecule has 5 nitrogen and oxygen atoms in total. The lowest BCUT2D eigenvalue weighted by Crippen LogP contribution is -2.39. The van der Waals surface area contributed by atoms with Crippen molar-refractivity contribution in [2.45, 2.75) is 11.2 Å². The van der Waals surface area contributed by atoms with Crippen LogP contribution in [0.15, 0.2) is 0 Å². The lowest BCUT2D eigenvalue weighted by Gasteiger charge is -2.21. The zero-order chi connectivity index (χ0) is 12.1. The monoisotopic (exact) mass is 292 g/mol. The third-order valence-corrected chi connectivity index (χ3v) is 3.29. The molecule has 0 N–H and O–H groups in total. The van der Waals surface area contributed by atoms with Gasteiger partial charge in [-0.05, 0) is 6.42 Å². The number of carbonyl (C=O) groups is 2. The molecule has 1 rings (SSSR count). The quantitative estimate of drug-likeness (QED) is 0.546. The molecule has 0 aliphatic carbocycles. The molecule has 1 aliphatic heterocycles. The van der Waals surface area contributed by atoms with Gasteiger partial charge < -0.3 is 9.64 Å². The number of alkyl halides is 1. The van der Waals surface area contributed by atoms with Crippen molar-refractivity contribution >= 4 is 27.8 Å². The van der Waals surface area contributed by atoms with Crippen LogP contribution in [-0.4, -0.2) is 66.8 Å². The second-order valence-corrected chi connectivity index (χ2v) is 5.00. The van der Waals surface area contributed by atoms with Crippen LogP contribution in [0.1, 0.15) is 6.42 Å². The minimum atomic E-state index is -0.367. The summed E-state index contributed by atoms with van der Waals surface area (Å²) < 4.78 is 4.62. The highest BCUT2D eigenvalue weighted by molar-refractivity contribution is 9.10. The van der Waals surface area contributed by atoms with Crippen LogP contribution in [0.25, 0.3) is 0 Å². The molecule has 1 amide bonds. The zero-order valence-corrected chi connectivity index (χ0v) is 11.2. The van der Waals surface area contributed by atoms with Crippen LogP contribution in [-0.2, 0) is 14.3 Å². The van der Waals surface area contributed by atoms with Gasteiger partial charge in [0.25, 0.3) is 0 Å². The van der Waals surface area contributed by atoms with Gasteiger partial charge in [0.05, 0.1) is 13.7 Å². The molecular weight excluding hydrogens is 276 g/mol. The van der Waals surface area contributed by atoms with Gasteiger partial charge in [0, 0.05) is 26.7 Å². The lowest BCUT2D eigenvalue weighted by molar-refractivity contribution is -0.140. The van der Waals surface area contributed by atoms with E-state index in [0.717, 1.165) is 19.5 Å². The van der Waals surface area contributed by atoms with Crippen LogP contribution in [0.2, 0.25) is 0 Å². The summed E-state index contributed by atoms with van der Waals surface area (Å²) in [7, 11) is 3.16. The van der Waals surface area contributed by atoms with Gasteiger partial charge in [-0.15, -0.1) is 0 Å². The molecule has 0 bridgehead atoms. The minimum Gasteiger partial charge on any atom is -0.468 e. The molecule has 1 fully saturated rings. The number of methoxy groups -OCH3 is 1. The Morgan fingerprint density at radius 1 is 1.56 bits per heavy atom. The molecule has 0 saturated carbocycles. The molecular formula is C10H17BrN2O3. The molecule has 1 heterocycles. The molecule has 0 aromatic heterocycles. The van der Waals surface area contributed by atoms with E-state index in [1.54, 1.807) is 11.9 Å². The number of amides is 1. The van der Waals surface area contributed by atoms with Gasteiger partial charge in [-0.1, -0.05) is 15.9 Å². The Morgan fingerprint density at radius 2 is 2.25 bits per heavy atom. The number of nitrogens with zero attached hydrogens (tertiary/aromatic N) is 2. The van der Waals surface area contributed by atoms with E-state index in [1.807, 2.05) is 4.90 Å². The van der Waals surface area contributed by atoms with E-state index in [1.165, 1.54) is 7.11 Å². The predicted molar refractivity (Wildman–Crippen MR) is 63.4 cm³/mol. The fourth-order valence-corrected chi connectivity index (χ4v) is 2.23. The lowest BCUT2D eigenvalue weighted by atomic mass is 10.3. The average molecular weight is 293 g/mol. The number of esters is 1. The first kappa shape index (κ1) is 13.4. The Bertz CT molecular complexity index is 273. The molecule has 0 aromatic carbocycles. The Balaban J connectivity index is 2.48. The maximum absolute atomic E-state index is 11.6. The summed E-state index contributed by atoms with van der Waals surface area (Å²) in [5.74, 6) is -0.202. The van der Waals surface area contributed by atoms with Crippen molar-refractivity contribution in [3.05, 3.63) is 0 Å². The van der Waals surface area contributed by atoms with E-state index in [4.69, 9.17) is 0 Å². The van der Waals surface area contributed by atoms with Gasteiger partial charge in [0.2, 0.25) is 5.91 Å². The average Bonchev–Trinajstić information content (AvgIpc) is 2.40. The third-order valence-electron chi connectivity index (χ3n) is 2.63. The SMILES string of the molecule is COC(=O)C(Br)CN1CCCN(C)C(=O)C1. The predicted octanol–water partition coefficient (Wildman–Crippen LogP) is 0.0870. The normalized spacial score (nSPS) is 20.4. The summed E-state index contributed by atoms with van der Waals surface area (Å²) in [6.07, 6.45) is 0.934. The van der Waals surface area contributed by atoms with Crippen molar-refractivity contribution in [2.24, 2.45) is 0 Å². The van der Waals surface area contributed by atoms with E-state index in [2.05, 4.69) is 20.7 Å². The highest BCUT2D eigenvalue weighted by Crippen LogP contribution is 2.08. The van der Waals surface area contributed by atoms with Crippen LogP contribution in [0.4, 0.5) is 0 Å². The van der Waals surface area contributed by atoms with Crippen molar-refractivity contribution in [3.8, 4) is 0 Å². The third kappa shape index (κ3) is 3.75. The molecule has 0 spiro atoms. The number of rotatable bonds is 3. The van der Waals surface area contributed by atoms with E-state index in [0.29, 0.717) is 13.1 Å². The molecule has 0 radical (unpaired) electrons. The number of hydrogen-bond donors (Lipinski definition) is 0. The van der Waals surface area contributed by atoms with Crippen molar-refractivity contribution in [1.29, 1.82) is 0 Å². The first-order valence-electron chi connectivity index (χ1n) is 5.23. The molecule has 6 heteroatoms. The summed E-state index contributed by atoms with van der Waals surface area (Å²) in [4.78, 5) is 26.2. The van der Waals surface area contributed by atoms with Gasteiger partial charge in [-0.25, -0.2) is 0 Å². The van der Waals surface area contributed by atoms with Crippen LogP contribution in [0, 0.1) is 0 Å². The van der Waals surface area contributed by atoms with Crippen molar-refractivity contribution < 1.29 is 14.3 Å². The molecule has 16 heavy (non-hydrogen) atoms. The smallest absolute Gasteiger partial charge is 0.320 e. The number of halogens is 1. The summed E-state index contributed by atoms with van der Waals surface area (Å²) in [5.41, 5.74) is 0. The minimum absolute atomic E-state index is 0.0991. The second-order valence-electron chi connectivity index (χ2n) is 3.89. The molecule has 92 valence electrons. The Labute approximate surface area is 104 Å². The number of ether oxygens (including phenoxy) is 1. The van der Waals surface area contributed by atoms with E-state index >= 15 is 0 Å². The van der Waals surface area contributed by atoms with Gasteiger partial charge in [-0.3, -0.25) is 14.5 Å². The van der Waals surface area contributed by atoms with Crippen molar-refractivity contribution in [1.82, 2.24) is 9.80 Å². The van der Waals surface area contributed by atoms with Crippen molar-refractivity contribution in [3.63, 3.8) is 0 Å². The van der Waals surface area contributed by atoms with Gasteiger partial charge in [0.1, 0.15) is 4.83 Å². The maximum Gasteiger partial charge on any atom is 0.320 e. The van der Waals surface area contributed by atoms with E-state index < -0.39 is 0 Å². The molecule has 1 aliphatic rings. The van der Waals surface area contributed by atoms with Crippen LogP contribution < -0.4 is 0 Å². The number of carbonyl (C=O) groups excluding carboxylic acids is 2. The van der Waals surface area contributed by atoms with Gasteiger partial charge >= 0.3 is 5.97 Å². The zero-order valence-electron chi connectivity index (χ0n) is 9.61. The van der Waals surface area contributed by atoms with Crippen LogP contribution in [0.5, 0.6) is 0 Å². The Hall–Kier alpha value is -0.620. The topological polar surface area (TPSA) is 49.9 Å². The highest BCUT2D eigenvalue weighted by Gasteiger charge is 2.23. The van der Waals surface area contributed by atoms with Gasteiger partial charge in [-0.2, -0.15) is 0 Å². The van der Waals surface area contributed by atoms with E-state index in [-0.39, 0.29) is 16.7 Å². The maximum atomic E-state index is 11.6. The Kier molecular flexibility index (Phi) is 5.21. The Morgan fingerprint density at radius 3 is 2.88 bits per heavy atom. The number of hydrogen-bond acceptors (Lipinski definition) is 4. The second kappa shape index (κ2) is 6.20. The summed E-state index contributed by atoms with van der Waals surface area (Å²) >= 11 is 3.26. The van der Waals surface area contributed by atoms with Crippen LogP contribution >= 0.6 is 15.9 Å². The van der Waals surface area contributed by atoms with Crippen LogP contribution in [0.3, 0.4) is 0 Å². The van der Waals surface area contributed by atoms with Gasteiger partial charge in [0.15, 0.2) is 0 Å². The molecule has 1 unspecified atom stereocenters. The summed E-state index contributed by atoms with van der Waals surface area (Å²) in [6.45, 7) is 2.48. The molecule has 0 aromatic rings. The van der Waals surface area contributed by atoms with E-state index in [9.17, 15) is 9.59 Å². The highest BCUT2D eigenvalue weighted by atomic mass is 79.9. The number of likely N-dealkylation sites (N-methyl/N-ethyl adjacent to an activating group) is 1. The van der Waals surface area contributed by atoms with Crippen molar-refractivity contribution in [2.75, 3.05) is 40.3 Å². The fourth-order valence-electron chi connectivity index (χ4n) is 1.63. The largest absolute Gasteiger partial charge is 0.468 e. The molecule has 1 atom stereocenters. The summed E-state index contributed by atoms with van der Waals surface area (Å²) in [5, 5.41) is 0. The first-order chi connectivity index (χ1) is 7.54. The summed E-state index contributed by atoms with van der Waals surface area (Å²) in [6, 6.07) is 0. The fraction of sp³-hybridized carbons (Fsp3) is 0.800. The standard InChI is InChI=1S/C10H17BrN2O3/c1-12-4-3-5-13(7-9(12)14)6-8(11)10(15)16-2/h8H,3-7H2,1-2H3. The molecule has 1 saturated heterocycles.